The topological polar surface area (TPSA) is 35.2 Å². The van der Waals surface area contributed by atoms with Crippen molar-refractivity contribution in [3.8, 4) is 0 Å². The molecule has 0 aromatic heterocycles. The SMILES string of the molecule is COC1CCc2ccc(N)cc2C1. The first kappa shape index (κ1) is 8.57. The van der Waals surface area contributed by atoms with Crippen LogP contribution in [0.2, 0.25) is 0 Å². The molecule has 0 fully saturated rings. The molecule has 0 amide bonds. The number of hydrogen-bond donors (Lipinski definition) is 1. The van der Waals surface area contributed by atoms with Crippen LogP contribution < -0.4 is 5.73 Å². The molecule has 0 spiro atoms. The zero-order valence-corrected chi connectivity index (χ0v) is 7.92. The van der Waals surface area contributed by atoms with Crippen molar-refractivity contribution in [1.29, 1.82) is 0 Å². The van der Waals surface area contributed by atoms with Gasteiger partial charge in [0.05, 0.1) is 6.10 Å². The predicted octanol–water partition coefficient (Wildman–Crippen LogP) is 1.77. The predicted molar refractivity (Wildman–Crippen MR) is 53.7 cm³/mol. The van der Waals surface area contributed by atoms with E-state index < -0.39 is 0 Å². The molecule has 1 unspecified atom stereocenters. The Balaban J connectivity index is 2.27. The van der Waals surface area contributed by atoms with E-state index in [1.165, 1.54) is 11.1 Å². The molecule has 0 saturated carbocycles. The van der Waals surface area contributed by atoms with E-state index in [0.29, 0.717) is 6.10 Å². The first-order valence-electron chi connectivity index (χ1n) is 4.69. The average molecular weight is 177 g/mol. The van der Waals surface area contributed by atoms with E-state index in [-0.39, 0.29) is 0 Å². The minimum Gasteiger partial charge on any atom is -0.399 e. The molecule has 0 bridgehead atoms. The molecule has 1 aliphatic carbocycles. The maximum Gasteiger partial charge on any atom is 0.0614 e. The second kappa shape index (κ2) is 3.38. The Kier molecular flexibility index (Phi) is 2.23. The summed E-state index contributed by atoms with van der Waals surface area (Å²) in [6, 6.07) is 6.18. The molecule has 1 atom stereocenters. The lowest BCUT2D eigenvalue weighted by atomic mass is 9.89. The molecule has 0 heterocycles. The van der Waals surface area contributed by atoms with Gasteiger partial charge >= 0.3 is 0 Å². The van der Waals surface area contributed by atoms with E-state index in [1.807, 2.05) is 6.07 Å². The highest BCUT2D eigenvalue weighted by Gasteiger charge is 2.17. The molecule has 1 aliphatic rings. The number of aryl methyl sites for hydroxylation is 1. The standard InChI is InChI=1S/C11H15NO/c1-13-11-5-3-8-2-4-10(12)6-9(8)7-11/h2,4,6,11H,3,5,7,12H2,1H3. The number of benzene rings is 1. The molecule has 13 heavy (non-hydrogen) atoms. The quantitative estimate of drug-likeness (QED) is 0.663. The molecule has 2 N–H and O–H groups in total. The Labute approximate surface area is 78.7 Å². The van der Waals surface area contributed by atoms with Gasteiger partial charge < -0.3 is 10.5 Å². The Morgan fingerprint density at radius 3 is 3.00 bits per heavy atom. The Hall–Kier alpha value is -1.02. The fourth-order valence-electron chi connectivity index (χ4n) is 1.94. The van der Waals surface area contributed by atoms with E-state index in [9.17, 15) is 0 Å². The van der Waals surface area contributed by atoms with Gasteiger partial charge in [0.1, 0.15) is 0 Å². The van der Waals surface area contributed by atoms with Gasteiger partial charge in [0.2, 0.25) is 0 Å². The van der Waals surface area contributed by atoms with Crippen molar-refractivity contribution in [2.24, 2.45) is 0 Å². The van der Waals surface area contributed by atoms with Crippen LogP contribution in [0.15, 0.2) is 18.2 Å². The van der Waals surface area contributed by atoms with Crippen LogP contribution in [0.3, 0.4) is 0 Å². The van der Waals surface area contributed by atoms with E-state index in [4.69, 9.17) is 10.5 Å². The van der Waals surface area contributed by atoms with Crippen LogP contribution in [0.25, 0.3) is 0 Å². The van der Waals surface area contributed by atoms with Crippen molar-refractivity contribution in [2.75, 3.05) is 12.8 Å². The molecular weight excluding hydrogens is 162 g/mol. The molecule has 0 saturated heterocycles. The molecule has 1 aromatic carbocycles. The molecule has 2 rings (SSSR count). The van der Waals surface area contributed by atoms with Crippen molar-refractivity contribution in [3.05, 3.63) is 29.3 Å². The summed E-state index contributed by atoms with van der Waals surface area (Å²) in [5, 5.41) is 0. The van der Waals surface area contributed by atoms with Crippen LogP contribution in [0, 0.1) is 0 Å². The molecule has 0 aliphatic heterocycles. The summed E-state index contributed by atoms with van der Waals surface area (Å²) in [6.45, 7) is 0. The Morgan fingerprint density at radius 2 is 2.23 bits per heavy atom. The number of nitrogen functional groups attached to an aromatic ring is 1. The highest BCUT2D eigenvalue weighted by Crippen LogP contribution is 2.24. The van der Waals surface area contributed by atoms with Gasteiger partial charge in [-0.15, -0.1) is 0 Å². The highest BCUT2D eigenvalue weighted by atomic mass is 16.5. The van der Waals surface area contributed by atoms with E-state index >= 15 is 0 Å². The van der Waals surface area contributed by atoms with E-state index in [2.05, 4.69) is 12.1 Å². The maximum absolute atomic E-state index is 5.73. The van der Waals surface area contributed by atoms with Gasteiger partial charge in [0.15, 0.2) is 0 Å². The van der Waals surface area contributed by atoms with Crippen LogP contribution in [-0.2, 0) is 17.6 Å². The third-order valence-electron chi connectivity index (χ3n) is 2.75. The van der Waals surface area contributed by atoms with Crippen molar-refractivity contribution in [2.45, 2.75) is 25.4 Å². The third kappa shape index (κ3) is 1.68. The monoisotopic (exact) mass is 177 g/mol. The summed E-state index contributed by atoms with van der Waals surface area (Å²) in [6.07, 6.45) is 3.65. The normalized spacial score (nSPS) is 21.2. The maximum atomic E-state index is 5.73. The zero-order chi connectivity index (χ0) is 9.26. The number of ether oxygens (including phenoxy) is 1. The van der Waals surface area contributed by atoms with Gasteiger partial charge in [-0.05, 0) is 42.5 Å². The number of nitrogens with two attached hydrogens (primary N) is 1. The fourth-order valence-corrected chi connectivity index (χ4v) is 1.94. The number of hydrogen-bond acceptors (Lipinski definition) is 2. The van der Waals surface area contributed by atoms with Crippen LogP contribution in [0.1, 0.15) is 17.5 Å². The minimum atomic E-state index is 0.384. The number of anilines is 1. The summed E-state index contributed by atoms with van der Waals surface area (Å²) in [4.78, 5) is 0. The van der Waals surface area contributed by atoms with Crippen LogP contribution in [-0.4, -0.2) is 13.2 Å². The van der Waals surface area contributed by atoms with Crippen LogP contribution >= 0.6 is 0 Å². The first-order valence-corrected chi connectivity index (χ1v) is 4.69. The molecule has 0 radical (unpaired) electrons. The number of rotatable bonds is 1. The summed E-state index contributed by atoms with van der Waals surface area (Å²) in [5.74, 6) is 0. The summed E-state index contributed by atoms with van der Waals surface area (Å²) in [5.41, 5.74) is 9.38. The average Bonchev–Trinajstić information content (AvgIpc) is 2.16. The fraction of sp³-hybridized carbons (Fsp3) is 0.455. The number of fused-ring (bicyclic) bond motifs is 1. The van der Waals surface area contributed by atoms with Crippen LogP contribution in [0.5, 0.6) is 0 Å². The van der Waals surface area contributed by atoms with Gasteiger partial charge in [-0.25, -0.2) is 0 Å². The second-order valence-electron chi connectivity index (χ2n) is 3.63. The van der Waals surface area contributed by atoms with E-state index in [1.54, 1.807) is 7.11 Å². The van der Waals surface area contributed by atoms with Gasteiger partial charge in [0, 0.05) is 12.8 Å². The summed E-state index contributed by atoms with van der Waals surface area (Å²) >= 11 is 0. The second-order valence-corrected chi connectivity index (χ2v) is 3.63. The van der Waals surface area contributed by atoms with Crippen LogP contribution in [0.4, 0.5) is 5.69 Å². The number of methoxy groups -OCH3 is 1. The minimum absolute atomic E-state index is 0.384. The lowest BCUT2D eigenvalue weighted by molar-refractivity contribution is 0.0911. The van der Waals surface area contributed by atoms with Crippen molar-refractivity contribution in [1.82, 2.24) is 0 Å². The molecular formula is C11H15NO. The summed E-state index contributed by atoms with van der Waals surface area (Å²) in [7, 11) is 1.78. The Morgan fingerprint density at radius 1 is 1.38 bits per heavy atom. The lowest BCUT2D eigenvalue weighted by Crippen LogP contribution is -2.21. The van der Waals surface area contributed by atoms with Gasteiger partial charge in [0.25, 0.3) is 0 Å². The zero-order valence-electron chi connectivity index (χ0n) is 7.92. The molecule has 2 heteroatoms. The molecule has 1 aromatic rings. The lowest BCUT2D eigenvalue weighted by Gasteiger charge is -2.23. The van der Waals surface area contributed by atoms with Gasteiger partial charge in [-0.1, -0.05) is 6.07 Å². The Bertz CT molecular complexity index is 309. The van der Waals surface area contributed by atoms with Gasteiger partial charge in [-0.3, -0.25) is 0 Å². The van der Waals surface area contributed by atoms with E-state index in [0.717, 1.165) is 24.9 Å². The molecule has 2 nitrogen and oxygen atoms in total. The largest absolute Gasteiger partial charge is 0.399 e. The smallest absolute Gasteiger partial charge is 0.0614 e. The summed E-state index contributed by atoms with van der Waals surface area (Å²) < 4.78 is 5.35. The molecule has 70 valence electrons. The van der Waals surface area contributed by atoms with Crippen molar-refractivity contribution in [3.63, 3.8) is 0 Å². The third-order valence-corrected chi connectivity index (χ3v) is 2.75. The van der Waals surface area contributed by atoms with Gasteiger partial charge in [-0.2, -0.15) is 0 Å². The first-order chi connectivity index (χ1) is 6.29. The highest BCUT2D eigenvalue weighted by molar-refractivity contribution is 5.45. The van der Waals surface area contributed by atoms with Crippen molar-refractivity contribution < 1.29 is 4.74 Å². The van der Waals surface area contributed by atoms with Crippen molar-refractivity contribution >= 4 is 5.69 Å².